The molecule has 0 N–H and O–H groups in total. The molecule has 1 heteroatoms. The molecule has 0 spiro atoms. The Bertz CT molecular complexity index is 2320. The van der Waals surface area contributed by atoms with Crippen LogP contribution in [0.4, 0.5) is 17.1 Å². The monoisotopic (exact) mass is 703 g/mol. The summed E-state index contributed by atoms with van der Waals surface area (Å²) in [5.41, 5.74) is 14.9. The van der Waals surface area contributed by atoms with Crippen molar-refractivity contribution in [3.8, 4) is 22.3 Å². The zero-order valence-electron chi connectivity index (χ0n) is 32.1. The van der Waals surface area contributed by atoms with E-state index in [2.05, 4.69) is 146 Å². The maximum atomic E-state index is 2.60. The summed E-state index contributed by atoms with van der Waals surface area (Å²) in [6.07, 6.45) is 14.1. The Morgan fingerprint density at radius 3 is 1.83 bits per heavy atom. The van der Waals surface area contributed by atoms with Crippen molar-refractivity contribution in [3.63, 3.8) is 0 Å². The highest BCUT2D eigenvalue weighted by molar-refractivity contribution is 6.03. The first kappa shape index (κ1) is 32.8. The van der Waals surface area contributed by atoms with Crippen LogP contribution in [0, 0.1) is 23.7 Å². The Morgan fingerprint density at radius 2 is 1.11 bits per heavy atom. The molecule has 12 rings (SSSR count). The van der Waals surface area contributed by atoms with Gasteiger partial charge in [0.05, 0.1) is 5.69 Å². The molecule has 0 heterocycles. The maximum absolute atomic E-state index is 2.60. The summed E-state index contributed by atoms with van der Waals surface area (Å²) < 4.78 is 0. The van der Waals surface area contributed by atoms with Crippen molar-refractivity contribution in [2.45, 2.75) is 95.3 Å². The third-order valence-electron chi connectivity index (χ3n) is 15.0. The van der Waals surface area contributed by atoms with Gasteiger partial charge in [-0.05, 0) is 167 Å². The topological polar surface area (TPSA) is 3.24 Å². The Hall–Kier alpha value is -4.62. The standard InChI is InChI=1S/C53H53N/c1-53(2)49-18-9-8-16-46(49)47-32-48(45-17-10-14-38-13-6-7-15-44(38)45)51(33-50(47)53)54(42-23-19-37(20-24-42)36-11-4-3-5-12-36)43-25-21-39(22-26-43)52-40-28-34-27-35(30-40)31-41(52)29-34/h6-10,13-26,32-36,40-41,52H,3-5,11-12,27-31H2,1-2H3. The van der Waals surface area contributed by atoms with Gasteiger partial charge in [-0.15, -0.1) is 0 Å². The van der Waals surface area contributed by atoms with E-state index in [1.54, 1.807) is 5.56 Å². The van der Waals surface area contributed by atoms with Gasteiger partial charge in [0.25, 0.3) is 0 Å². The minimum atomic E-state index is -0.0994. The Morgan fingerprint density at radius 1 is 0.500 bits per heavy atom. The van der Waals surface area contributed by atoms with E-state index in [0.29, 0.717) is 5.92 Å². The smallest absolute Gasteiger partial charge is 0.0543 e. The van der Waals surface area contributed by atoms with E-state index in [4.69, 9.17) is 0 Å². The van der Waals surface area contributed by atoms with Crippen molar-refractivity contribution in [2.75, 3.05) is 4.90 Å². The summed E-state index contributed by atoms with van der Waals surface area (Å²) in [5, 5.41) is 2.59. The van der Waals surface area contributed by atoms with Crippen LogP contribution in [0.1, 0.15) is 112 Å². The minimum Gasteiger partial charge on any atom is -0.310 e. The number of benzene rings is 6. The van der Waals surface area contributed by atoms with E-state index < -0.39 is 0 Å². The molecule has 0 saturated heterocycles. The molecule has 4 bridgehead atoms. The highest BCUT2D eigenvalue weighted by atomic mass is 15.1. The molecule has 0 amide bonds. The van der Waals surface area contributed by atoms with Gasteiger partial charge in [0.2, 0.25) is 0 Å². The summed E-state index contributed by atoms with van der Waals surface area (Å²) in [5.74, 6) is 5.19. The lowest BCUT2D eigenvalue weighted by Crippen LogP contribution is -2.43. The molecular weight excluding hydrogens is 651 g/mol. The number of hydrogen-bond acceptors (Lipinski definition) is 1. The second kappa shape index (κ2) is 12.7. The van der Waals surface area contributed by atoms with Crippen molar-refractivity contribution in [1.29, 1.82) is 0 Å². The number of fused-ring (bicyclic) bond motifs is 4. The normalized spacial score (nSPS) is 25.1. The molecule has 270 valence electrons. The molecule has 5 saturated carbocycles. The van der Waals surface area contributed by atoms with Crippen LogP contribution in [0.25, 0.3) is 33.0 Å². The lowest BCUT2D eigenvalue weighted by molar-refractivity contribution is -0.00277. The van der Waals surface area contributed by atoms with Crippen LogP contribution >= 0.6 is 0 Å². The van der Waals surface area contributed by atoms with Gasteiger partial charge in [0, 0.05) is 22.4 Å². The van der Waals surface area contributed by atoms with Crippen molar-refractivity contribution >= 4 is 27.8 Å². The van der Waals surface area contributed by atoms with Gasteiger partial charge < -0.3 is 4.90 Å². The molecule has 6 aromatic carbocycles. The zero-order valence-corrected chi connectivity index (χ0v) is 32.1. The molecular formula is C53H53N. The third-order valence-corrected chi connectivity index (χ3v) is 15.0. The Labute approximate surface area is 322 Å². The van der Waals surface area contributed by atoms with E-state index in [9.17, 15) is 0 Å². The molecule has 54 heavy (non-hydrogen) atoms. The molecule has 0 aromatic heterocycles. The van der Waals surface area contributed by atoms with Gasteiger partial charge in [-0.2, -0.15) is 0 Å². The first-order valence-electron chi connectivity index (χ1n) is 21.3. The molecule has 6 aliphatic rings. The first-order chi connectivity index (χ1) is 26.5. The average Bonchev–Trinajstić information content (AvgIpc) is 3.43. The van der Waals surface area contributed by atoms with E-state index in [-0.39, 0.29) is 5.41 Å². The molecule has 0 radical (unpaired) electrons. The highest BCUT2D eigenvalue weighted by Crippen LogP contribution is 2.60. The summed E-state index contributed by atoms with van der Waals surface area (Å²) in [4.78, 5) is 2.60. The lowest BCUT2D eigenvalue weighted by atomic mass is 9.51. The molecule has 0 aliphatic heterocycles. The second-order valence-corrected chi connectivity index (χ2v) is 18.4. The summed E-state index contributed by atoms with van der Waals surface area (Å²) in [7, 11) is 0. The number of rotatable bonds is 6. The Balaban J connectivity index is 1.10. The molecule has 6 aliphatic carbocycles. The molecule has 6 aromatic rings. The van der Waals surface area contributed by atoms with Crippen LogP contribution in [0.15, 0.2) is 127 Å². The minimum absolute atomic E-state index is 0.0994. The van der Waals surface area contributed by atoms with Crippen LogP contribution in [0.5, 0.6) is 0 Å². The highest BCUT2D eigenvalue weighted by Gasteiger charge is 2.48. The Kier molecular flexibility index (Phi) is 7.73. The maximum Gasteiger partial charge on any atom is 0.0543 e. The number of nitrogens with zero attached hydrogens (tertiary/aromatic N) is 1. The molecule has 0 atom stereocenters. The summed E-state index contributed by atoms with van der Waals surface area (Å²) in [6.45, 7) is 4.84. The van der Waals surface area contributed by atoms with E-state index in [1.807, 2.05) is 0 Å². The third kappa shape index (κ3) is 5.25. The fraction of sp³-hybridized carbons (Fsp3) is 0.358. The van der Waals surface area contributed by atoms with Crippen LogP contribution in [0.3, 0.4) is 0 Å². The predicted molar refractivity (Wildman–Crippen MR) is 227 cm³/mol. The first-order valence-corrected chi connectivity index (χ1v) is 21.3. The van der Waals surface area contributed by atoms with Crippen molar-refractivity contribution in [3.05, 3.63) is 150 Å². The summed E-state index contributed by atoms with van der Waals surface area (Å²) >= 11 is 0. The van der Waals surface area contributed by atoms with Crippen LogP contribution in [0.2, 0.25) is 0 Å². The van der Waals surface area contributed by atoms with Crippen molar-refractivity contribution in [1.82, 2.24) is 0 Å². The largest absolute Gasteiger partial charge is 0.310 e. The predicted octanol–water partition coefficient (Wildman–Crippen LogP) is 14.9. The SMILES string of the molecule is CC1(C)c2ccccc2-c2cc(-c3cccc4ccccc34)c(N(c3ccc(C4CCCCC4)cc3)c3ccc(C4C5CC6CC(C5)CC4C6)cc3)cc21. The van der Waals surface area contributed by atoms with E-state index in [1.165, 1.54) is 131 Å². The van der Waals surface area contributed by atoms with Crippen LogP contribution in [-0.2, 0) is 5.41 Å². The average molecular weight is 704 g/mol. The fourth-order valence-electron chi connectivity index (χ4n) is 12.7. The molecule has 5 fully saturated rings. The van der Waals surface area contributed by atoms with Crippen molar-refractivity contribution < 1.29 is 0 Å². The van der Waals surface area contributed by atoms with Gasteiger partial charge in [0.15, 0.2) is 0 Å². The fourth-order valence-corrected chi connectivity index (χ4v) is 12.7. The zero-order chi connectivity index (χ0) is 36.0. The molecule has 0 unspecified atom stereocenters. The van der Waals surface area contributed by atoms with Crippen LogP contribution in [-0.4, -0.2) is 0 Å². The number of hydrogen-bond donors (Lipinski definition) is 0. The van der Waals surface area contributed by atoms with Crippen molar-refractivity contribution in [2.24, 2.45) is 23.7 Å². The lowest BCUT2D eigenvalue weighted by Gasteiger charge is -2.54. The summed E-state index contributed by atoms with van der Waals surface area (Å²) in [6, 6.07) is 49.7. The van der Waals surface area contributed by atoms with Crippen LogP contribution < -0.4 is 4.90 Å². The second-order valence-electron chi connectivity index (χ2n) is 18.4. The van der Waals surface area contributed by atoms with Gasteiger partial charge in [0.1, 0.15) is 0 Å². The van der Waals surface area contributed by atoms with Gasteiger partial charge in [-0.25, -0.2) is 0 Å². The van der Waals surface area contributed by atoms with E-state index >= 15 is 0 Å². The van der Waals surface area contributed by atoms with Gasteiger partial charge >= 0.3 is 0 Å². The van der Waals surface area contributed by atoms with Gasteiger partial charge in [-0.3, -0.25) is 0 Å². The van der Waals surface area contributed by atoms with E-state index in [0.717, 1.165) is 29.6 Å². The quantitative estimate of drug-likeness (QED) is 0.167. The molecule has 1 nitrogen and oxygen atoms in total. The number of anilines is 3. The van der Waals surface area contributed by atoms with Gasteiger partial charge in [-0.1, -0.05) is 124 Å².